The van der Waals surface area contributed by atoms with Gasteiger partial charge in [-0.1, -0.05) is 17.7 Å². The van der Waals surface area contributed by atoms with Crippen LogP contribution in [0.4, 0.5) is 5.00 Å². The van der Waals surface area contributed by atoms with Crippen LogP contribution in [0, 0.1) is 27.7 Å². The highest BCUT2D eigenvalue weighted by atomic mass is 32.1. The van der Waals surface area contributed by atoms with Crippen LogP contribution in [0.2, 0.25) is 0 Å². The number of primary amides is 1. The van der Waals surface area contributed by atoms with E-state index in [-0.39, 0.29) is 5.91 Å². The van der Waals surface area contributed by atoms with Crippen molar-refractivity contribution in [3.63, 3.8) is 0 Å². The first-order valence-corrected chi connectivity index (χ1v) is 7.41. The molecule has 0 spiro atoms. The SMILES string of the molecule is Cc1ccc(C(=O)Nc2sc(C)c(C)c2C(N)=O)c(C)c1. The molecule has 0 atom stereocenters. The van der Waals surface area contributed by atoms with E-state index in [0.717, 1.165) is 21.6 Å². The molecule has 2 rings (SSSR count). The summed E-state index contributed by atoms with van der Waals surface area (Å²) in [6, 6.07) is 5.63. The lowest BCUT2D eigenvalue weighted by molar-refractivity contribution is 0.100. The first-order chi connectivity index (χ1) is 9.81. The zero-order valence-electron chi connectivity index (χ0n) is 12.5. The molecule has 5 heteroatoms. The number of nitrogens with one attached hydrogen (secondary N) is 1. The fourth-order valence-electron chi connectivity index (χ4n) is 2.25. The van der Waals surface area contributed by atoms with E-state index in [1.54, 1.807) is 6.07 Å². The Labute approximate surface area is 128 Å². The molecule has 0 aliphatic heterocycles. The van der Waals surface area contributed by atoms with Crippen LogP contribution in [0.5, 0.6) is 0 Å². The second-order valence-corrected chi connectivity index (χ2v) is 6.35. The van der Waals surface area contributed by atoms with Gasteiger partial charge in [-0.05, 0) is 44.9 Å². The molecule has 0 saturated carbocycles. The fraction of sp³-hybridized carbons (Fsp3) is 0.250. The van der Waals surface area contributed by atoms with Gasteiger partial charge in [0.1, 0.15) is 5.00 Å². The van der Waals surface area contributed by atoms with Crippen LogP contribution < -0.4 is 11.1 Å². The van der Waals surface area contributed by atoms with Gasteiger partial charge in [-0.15, -0.1) is 11.3 Å². The number of aryl methyl sites for hydroxylation is 3. The lowest BCUT2D eigenvalue weighted by atomic mass is 10.1. The van der Waals surface area contributed by atoms with E-state index >= 15 is 0 Å². The number of nitrogens with two attached hydrogens (primary N) is 1. The van der Waals surface area contributed by atoms with Crippen molar-refractivity contribution in [3.05, 3.63) is 50.9 Å². The highest BCUT2D eigenvalue weighted by Crippen LogP contribution is 2.32. The van der Waals surface area contributed by atoms with Crippen molar-refractivity contribution >= 4 is 28.2 Å². The summed E-state index contributed by atoms with van der Waals surface area (Å²) < 4.78 is 0. The minimum atomic E-state index is -0.521. The summed E-state index contributed by atoms with van der Waals surface area (Å²) in [5.74, 6) is -0.746. The maximum Gasteiger partial charge on any atom is 0.256 e. The van der Waals surface area contributed by atoms with Gasteiger partial charge >= 0.3 is 0 Å². The van der Waals surface area contributed by atoms with Crippen molar-refractivity contribution in [2.75, 3.05) is 5.32 Å². The number of rotatable bonds is 3. The van der Waals surface area contributed by atoms with Crippen molar-refractivity contribution in [2.45, 2.75) is 27.7 Å². The largest absolute Gasteiger partial charge is 0.365 e. The average Bonchev–Trinajstić information content (AvgIpc) is 2.64. The van der Waals surface area contributed by atoms with Crippen molar-refractivity contribution in [3.8, 4) is 0 Å². The van der Waals surface area contributed by atoms with Crippen LogP contribution in [0.3, 0.4) is 0 Å². The second kappa shape index (κ2) is 5.69. The van der Waals surface area contributed by atoms with Gasteiger partial charge in [0.25, 0.3) is 11.8 Å². The van der Waals surface area contributed by atoms with Crippen LogP contribution in [0.1, 0.15) is 42.3 Å². The van der Waals surface area contributed by atoms with Gasteiger partial charge in [0.05, 0.1) is 5.56 Å². The average molecular weight is 302 g/mol. The topological polar surface area (TPSA) is 72.2 Å². The number of thiophene rings is 1. The number of amides is 2. The van der Waals surface area contributed by atoms with Crippen LogP contribution in [-0.4, -0.2) is 11.8 Å². The molecule has 2 aromatic rings. The fourth-order valence-corrected chi connectivity index (χ4v) is 3.31. The number of hydrogen-bond acceptors (Lipinski definition) is 3. The zero-order valence-corrected chi connectivity index (χ0v) is 13.4. The first kappa shape index (κ1) is 15.3. The Morgan fingerprint density at radius 2 is 1.81 bits per heavy atom. The van der Waals surface area contributed by atoms with Gasteiger partial charge in [0.15, 0.2) is 0 Å². The smallest absolute Gasteiger partial charge is 0.256 e. The third-order valence-corrected chi connectivity index (χ3v) is 4.61. The molecule has 1 aromatic carbocycles. The van der Waals surface area contributed by atoms with E-state index in [9.17, 15) is 9.59 Å². The Bertz CT molecular complexity index is 732. The molecule has 110 valence electrons. The quantitative estimate of drug-likeness (QED) is 0.912. The number of carbonyl (C=O) groups excluding carboxylic acids is 2. The molecule has 0 aliphatic rings. The van der Waals surface area contributed by atoms with Gasteiger partial charge in [-0.25, -0.2) is 0 Å². The normalized spacial score (nSPS) is 10.5. The Kier molecular flexibility index (Phi) is 4.14. The van der Waals surface area contributed by atoms with E-state index in [1.165, 1.54) is 11.3 Å². The molecule has 3 N–H and O–H groups in total. The number of benzene rings is 1. The minimum absolute atomic E-state index is 0.226. The summed E-state index contributed by atoms with van der Waals surface area (Å²) in [4.78, 5) is 24.9. The third kappa shape index (κ3) is 2.97. The summed E-state index contributed by atoms with van der Waals surface area (Å²) in [6.45, 7) is 7.60. The molecule has 0 saturated heterocycles. The molecule has 1 heterocycles. The summed E-state index contributed by atoms with van der Waals surface area (Å²) in [5.41, 5.74) is 9.23. The van der Waals surface area contributed by atoms with Crippen molar-refractivity contribution in [1.29, 1.82) is 0 Å². The molecule has 1 aromatic heterocycles. The maximum atomic E-state index is 12.4. The Hall–Kier alpha value is -2.14. The Morgan fingerprint density at radius 3 is 2.38 bits per heavy atom. The van der Waals surface area contributed by atoms with Gasteiger partial charge in [-0.2, -0.15) is 0 Å². The molecular formula is C16H18N2O2S. The highest BCUT2D eigenvalue weighted by molar-refractivity contribution is 7.16. The highest BCUT2D eigenvalue weighted by Gasteiger charge is 2.20. The summed E-state index contributed by atoms with van der Waals surface area (Å²) in [7, 11) is 0. The maximum absolute atomic E-state index is 12.4. The van der Waals surface area contributed by atoms with Crippen molar-refractivity contribution < 1.29 is 9.59 Å². The van der Waals surface area contributed by atoms with Crippen LogP contribution in [0.25, 0.3) is 0 Å². The summed E-state index contributed by atoms with van der Waals surface area (Å²) >= 11 is 1.37. The molecule has 2 amide bonds. The molecule has 21 heavy (non-hydrogen) atoms. The molecular weight excluding hydrogens is 284 g/mol. The minimum Gasteiger partial charge on any atom is -0.365 e. The second-order valence-electron chi connectivity index (χ2n) is 5.12. The number of hydrogen-bond donors (Lipinski definition) is 2. The molecule has 0 fully saturated rings. The summed E-state index contributed by atoms with van der Waals surface area (Å²) in [5, 5.41) is 3.33. The lowest BCUT2D eigenvalue weighted by Crippen LogP contribution is -2.18. The van der Waals surface area contributed by atoms with Gasteiger partial charge < -0.3 is 11.1 Å². The monoisotopic (exact) mass is 302 g/mol. The molecule has 4 nitrogen and oxygen atoms in total. The van der Waals surface area contributed by atoms with Gasteiger partial charge in [0, 0.05) is 10.4 Å². The van der Waals surface area contributed by atoms with Gasteiger partial charge in [0.2, 0.25) is 0 Å². The van der Waals surface area contributed by atoms with Crippen molar-refractivity contribution in [2.24, 2.45) is 5.73 Å². The van der Waals surface area contributed by atoms with Crippen LogP contribution >= 0.6 is 11.3 Å². The Morgan fingerprint density at radius 1 is 1.14 bits per heavy atom. The van der Waals surface area contributed by atoms with Crippen LogP contribution in [-0.2, 0) is 0 Å². The van der Waals surface area contributed by atoms with E-state index in [2.05, 4.69) is 5.32 Å². The zero-order chi connectivity index (χ0) is 15.7. The lowest BCUT2D eigenvalue weighted by Gasteiger charge is -2.08. The van der Waals surface area contributed by atoms with E-state index < -0.39 is 5.91 Å². The van der Waals surface area contributed by atoms with E-state index in [0.29, 0.717) is 16.1 Å². The Balaban J connectivity index is 2.36. The summed E-state index contributed by atoms with van der Waals surface area (Å²) in [6.07, 6.45) is 0. The van der Waals surface area contributed by atoms with Crippen LogP contribution in [0.15, 0.2) is 18.2 Å². The molecule has 0 unspecified atom stereocenters. The predicted molar refractivity (Wildman–Crippen MR) is 86.2 cm³/mol. The first-order valence-electron chi connectivity index (χ1n) is 6.59. The van der Waals surface area contributed by atoms with E-state index in [4.69, 9.17) is 5.73 Å². The van der Waals surface area contributed by atoms with Gasteiger partial charge in [-0.3, -0.25) is 9.59 Å². The number of anilines is 1. The predicted octanol–water partition coefficient (Wildman–Crippen LogP) is 3.33. The molecule has 0 aliphatic carbocycles. The molecule has 0 radical (unpaired) electrons. The standard InChI is InChI=1S/C16H18N2O2S/c1-8-5-6-12(9(2)7-8)15(20)18-16-13(14(17)19)10(3)11(4)21-16/h5-7H,1-4H3,(H2,17,19)(H,18,20). The number of carbonyl (C=O) groups is 2. The van der Waals surface area contributed by atoms with Crippen molar-refractivity contribution in [1.82, 2.24) is 0 Å². The molecule has 0 bridgehead atoms. The third-order valence-electron chi connectivity index (χ3n) is 3.49. The van der Waals surface area contributed by atoms with E-state index in [1.807, 2.05) is 39.8 Å².